The van der Waals surface area contributed by atoms with Crippen LogP contribution in [-0.4, -0.2) is 65.7 Å². The van der Waals surface area contributed by atoms with E-state index in [9.17, 15) is 13.6 Å². The minimum atomic E-state index is -0.942. The predicted molar refractivity (Wildman–Crippen MR) is 115 cm³/mol. The Morgan fingerprint density at radius 2 is 2.00 bits per heavy atom. The molecule has 3 heterocycles. The van der Waals surface area contributed by atoms with E-state index in [0.29, 0.717) is 40.2 Å². The second-order valence-electron chi connectivity index (χ2n) is 7.70. The molecule has 1 N–H and O–H groups in total. The molecule has 0 bridgehead atoms. The van der Waals surface area contributed by atoms with Crippen molar-refractivity contribution in [1.82, 2.24) is 20.3 Å². The summed E-state index contributed by atoms with van der Waals surface area (Å²) in [4.78, 5) is 13.8. The summed E-state index contributed by atoms with van der Waals surface area (Å²) in [6, 6.07) is 11.4. The quantitative estimate of drug-likeness (QED) is 0.427. The van der Waals surface area contributed by atoms with Crippen LogP contribution in [0.25, 0.3) is 33.6 Å². The Morgan fingerprint density at radius 3 is 2.73 bits per heavy atom. The number of likely N-dealkylation sites (tertiary alicyclic amines) is 1. The third-order valence-corrected chi connectivity index (χ3v) is 5.46. The van der Waals surface area contributed by atoms with Crippen LogP contribution in [0.15, 0.2) is 47.0 Å². The lowest BCUT2D eigenvalue weighted by atomic mass is 10.1. The molecule has 2 aromatic carbocycles. The molecule has 1 saturated heterocycles. The highest BCUT2D eigenvalue weighted by molar-refractivity contribution is 5.95. The van der Waals surface area contributed by atoms with Crippen molar-refractivity contribution in [3.05, 3.63) is 53.8 Å². The number of ether oxygens (including phenoxy) is 2. The van der Waals surface area contributed by atoms with Gasteiger partial charge in [0.25, 0.3) is 5.91 Å². The van der Waals surface area contributed by atoms with Crippen molar-refractivity contribution >= 4 is 16.8 Å². The molecule has 1 amide bonds. The minimum absolute atomic E-state index is 0.0999. The fraction of sp³-hybridized carbons (Fsp3) is 0.261. The number of carbonyl (C=O) groups is 1. The van der Waals surface area contributed by atoms with E-state index in [1.807, 2.05) is 0 Å². The Hall–Kier alpha value is -3.79. The maximum Gasteiger partial charge on any atom is 0.254 e. The van der Waals surface area contributed by atoms with Gasteiger partial charge in [0.15, 0.2) is 17.3 Å². The average Bonchev–Trinajstić information content (AvgIpc) is 3.44. The first-order valence-electron chi connectivity index (χ1n) is 10.3. The van der Waals surface area contributed by atoms with Crippen molar-refractivity contribution in [3.63, 3.8) is 0 Å². The number of aromatic nitrogens is 3. The third-order valence-electron chi connectivity index (χ3n) is 5.46. The number of fused-ring (bicyclic) bond motifs is 1. The SMILES string of the molecule is COCCOc1cc2[nH]nc(-c3cc(-c4ccc(C(=O)N5CC(F)C5)cc4)no3)c2cc1F. The zero-order chi connectivity index (χ0) is 22.9. The van der Waals surface area contributed by atoms with Crippen LogP contribution in [-0.2, 0) is 4.74 Å². The first-order valence-corrected chi connectivity index (χ1v) is 10.3. The van der Waals surface area contributed by atoms with Gasteiger partial charge < -0.3 is 18.9 Å². The van der Waals surface area contributed by atoms with Gasteiger partial charge >= 0.3 is 0 Å². The van der Waals surface area contributed by atoms with Crippen LogP contribution < -0.4 is 4.74 Å². The lowest BCUT2D eigenvalue weighted by Crippen LogP contribution is -2.51. The number of methoxy groups -OCH3 is 1. The Kier molecular flexibility index (Phi) is 5.51. The molecule has 0 spiro atoms. The molecule has 1 fully saturated rings. The lowest BCUT2D eigenvalue weighted by Gasteiger charge is -2.34. The number of rotatable bonds is 7. The number of nitrogens with one attached hydrogen (secondary N) is 1. The number of benzene rings is 2. The van der Waals surface area contributed by atoms with Crippen LogP contribution in [0.5, 0.6) is 5.75 Å². The first kappa shape index (κ1) is 21.1. The second kappa shape index (κ2) is 8.62. The summed E-state index contributed by atoms with van der Waals surface area (Å²) in [5, 5.41) is 11.7. The molecule has 0 aliphatic carbocycles. The molecule has 0 atom stereocenters. The molecule has 8 nitrogen and oxygen atoms in total. The van der Waals surface area contributed by atoms with E-state index < -0.39 is 12.0 Å². The summed E-state index contributed by atoms with van der Waals surface area (Å²) >= 11 is 0. The predicted octanol–water partition coefficient (Wildman–Crippen LogP) is 3.84. The molecule has 0 unspecified atom stereocenters. The largest absolute Gasteiger partial charge is 0.488 e. The van der Waals surface area contributed by atoms with Gasteiger partial charge in [-0.15, -0.1) is 0 Å². The van der Waals surface area contributed by atoms with Crippen molar-refractivity contribution in [3.8, 4) is 28.5 Å². The lowest BCUT2D eigenvalue weighted by molar-refractivity contribution is 0.0400. The summed E-state index contributed by atoms with van der Waals surface area (Å²) in [6.45, 7) is 0.834. The highest BCUT2D eigenvalue weighted by Gasteiger charge is 2.30. The van der Waals surface area contributed by atoms with Crippen LogP contribution >= 0.6 is 0 Å². The van der Waals surface area contributed by atoms with Gasteiger partial charge in [0.1, 0.15) is 24.2 Å². The highest BCUT2D eigenvalue weighted by atomic mass is 19.1. The topological polar surface area (TPSA) is 93.5 Å². The Bertz CT molecular complexity index is 1300. The van der Waals surface area contributed by atoms with Crippen LogP contribution in [0.3, 0.4) is 0 Å². The first-order chi connectivity index (χ1) is 16.0. The molecule has 1 aliphatic heterocycles. The molecule has 5 rings (SSSR count). The smallest absolute Gasteiger partial charge is 0.254 e. The van der Waals surface area contributed by atoms with E-state index in [4.69, 9.17) is 14.0 Å². The normalized spacial score (nSPS) is 14.0. The third kappa shape index (κ3) is 4.05. The van der Waals surface area contributed by atoms with E-state index >= 15 is 0 Å². The molecule has 33 heavy (non-hydrogen) atoms. The summed E-state index contributed by atoms with van der Waals surface area (Å²) in [5.41, 5.74) is 2.74. The van der Waals surface area contributed by atoms with Crippen molar-refractivity contribution in [1.29, 1.82) is 0 Å². The Labute approximate surface area is 187 Å². The van der Waals surface area contributed by atoms with E-state index in [1.54, 1.807) is 37.4 Å². The summed E-state index contributed by atoms with van der Waals surface area (Å²) in [6.07, 6.45) is -0.942. The Balaban J connectivity index is 1.36. The van der Waals surface area contributed by atoms with Crippen molar-refractivity contribution < 1.29 is 27.6 Å². The maximum atomic E-state index is 14.5. The number of hydrogen-bond acceptors (Lipinski definition) is 6. The van der Waals surface area contributed by atoms with Crippen LogP contribution in [0.2, 0.25) is 0 Å². The molecule has 1 aliphatic rings. The number of halogens is 2. The number of alkyl halides is 1. The van der Waals surface area contributed by atoms with Crippen LogP contribution in [0.1, 0.15) is 10.4 Å². The minimum Gasteiger partial charge on any atom is -0.488 e. The van der Waals surface area contributed by atoms with Gasteiger partial charge in [-0.2, -0.15) is 5.10 Å². The van der Waals surface area contributed by atoms with E-state index in [1.165, 1.54) is 17.0 Å². The zero-order valence-electron chi connectivity index (χ0n) is 17.7. The van der Waals surface area contributed by atoms with Crippen molar-refractivity contribution in [2.75, 3.05) is 33.4 Å². The molecular weight excluding hydrogens is 434 g/mol. The van der Waals surface area contributed by atoms with Gasteiger partial charge in [-0.3, -0.25) is 9.89 Å². The molecule has 10 heteroatoms. The van der Waals surface area contributed by atoms with Gasteiger partial charge in [0, 0.05) is 35.8 Å². The molecule has 170 valence electrons. The fourth-order valence-corrected chi connectivity index (χ4v) is 3.63. The van der Waals surface area contributed by atoms with Crippen LogP contribution in [0, 0.1) is 5.82 Å². The highest BCUT2D eigenvalue weighted by Crippen LogP contribution is 2.33. The molecule has 4 aromatic rings. The van der Waals surface area contributed by atoms with E-state index in [0.717, 1.165) is 5.56 Å². The molecular formula is C23H20F2N4O4. The average molecular weight is 454 g/mol. The summed E-state index contributed by atoms with van der Waals surface area (Å²) < 4.78 is 43.3. The standard InChI is InChI=1S/C23H20F2N4O4/c1-31-6-7-32-20-10-19-16(8-17(20)25)22(27-26-19)21-9-18(28-33-21)13-2-4-14(5-3-13)23(30)29-11-15(24)12-29/h2-5,8-10,15H,6-7,11-12H2,1H3,(H,26,27). The van der Waals surface area contributed by atoms with Gasteiger partial charge in [0.05, 0.1) is 25.2 Å². The monoisotopic (exact) mass is 454 g/mol. The number of nitrogens with zero attached hydrogens (tertiary/aromatic N) is 3. The Morgan fingerprint density at radius 1 is 1.21 bits per heavy atom. The number of H-pyrrole nitrogens is 1. The summed E-state index contributed by atoms with van der Waals surface area (Å²) in [5.74, 6) is -0.268. The van der Waals surface area contributed by atoms with Crippen molar-refractivity contribution in [2.24, 2.45) is 0 Å². The van der Waals surface area contributed by atoms with Gasteiger partial charge in [-0.25, -0.2) is 8.78 Å². The number of hydrogen-bond donors (Lipinski definition) is 1. The number of carbonyl (C=O) groups excluding carboxylic acids is 1. The zero-order valence-corrected chi connectivity index (χ0v) is 17.7. The molecule has 0 radical (unpaired) electrons. The number of amides is 1. The second-order valence-corrected chi connectivity index (χ2v) is 7.70. The van der Waals surface area contributed by atoms with Gasteiger partial charge in [-0.1, -0.05) is 17.3 Å². The maximum absolute atomic E-state index is 14.5. The van der Waals surface area contributed by atoms with Crippen molar-refractivity contribution in [2.45, 2.75) is 6.17 Å². The van der Waals surface area contributed by atoms with Gasteiger partial charge in [-0.05, 0) is 18.2 Å². The fourth-order valence-electron chi connectivity index (χ4n) is 3.63. The van der Waals surface area contributed by atoms with E-state index in [2.05, 4.69) is 15.4 Å². The van der Waals surface area contributed by atoms with Crippen LogP contribution in [0.4, 0.5) is 8.78 Å². The van der Waals surface area contributed by atoms with Gasteiger partial charge in [0.2, 0.25) is 0 Å². The molecule has 2 aromatic heterocycles. The molecule has 0 saturated carbocycles. The van der Waals surface area contributed by atoms with E-state index in [-0.39, 0.29) is 31.4 Å². The summed E-state index contributed by atoms with van der Waals surface area (Å²) in [7, 11) is 1.54. The number of aromatic amines is 1.